The molecule has 0 N–H and O–H groups in total. The van der Waals surface area contributed by atoms with E-state index in [1.807, 2.05) is 106 Å². The smallest absolute Gasteiger partial charge is 0.282 e. The first-order chi connectivity index (χ1) is 15.9. The molecule has 2 amide bonds. The molecule has 1 heterocycles. The number of likely N-dealkylation sites (N-methyl/N-ethyl adjacent to an activating group) is 1. The third kappa shape index (κ3) is 4.27. The number of ether oxygens (including phenoxy) is 1. The summed E-state index contributed by atoms with van der Waals surface area (Å²) in [5.74, 6) is 0.105. The average molecular weight is 441 g/mol. The maximum Gasteiger partial charge on any atom is 0.282 e. The molecule has 0 aliphatic carbocycles. The molecule has 0 atom stereocenters. The number of anilines is 1. The average Bonchev–Trinajstić information content (AvgIpc) is 3.07. The molecule has 168 valence electrons. The Morgan fingerprint density at radius 2 is 1.55 bits per heavy atom. The van der Waals surface area contributed by atoms with E-state index in [2.05, 4.69) is 0 Å². The molecule has 0 unspecified atom stereocenters. The van der Waals surface area contributed by atoms with Crippen LogP contribution in [0.4, 0.5) is 5.69 Å². The number of amides is 2. The van der Waals surface area contributed by atoms with Gasteiger partial charge in [0, 0.05) is 13.6 Å². The van der Waals surface area contributed by atoms with Crippen molar-refractivity contribution in [3.8, 4) is 5.75 Å². The van der Waals surface area contributed by atoms with E-state index >= 15 is 0 Å². The van der Waals surface area contributed by atoms with Gasteiger partial charge in [-0.3, -0.25) is 9.59 Å². The van der Waals surface area contributed by atoms with Crippen LogP contribution in [0, 0.1) is 13.8 Å². The van der Waals surface area contributed by atoms with Gasteiger partial charge < -0.3 is 9.64 Å². The first-order valence-electron chi connectivity index (χ1n) is 11.1. The van der Waals surface area contributed by atoms with Gasteiger partial charge in [-0.15, -0.1) is 0 Å². The van der Waals surface area contributed by atoms with Crippen LogP contribution in [0.3, 0.4) is 0 Å². The summed E-state index contributed by atoms with van der Waals surface area (Å²) in [5.41, 5.74) is 5.12. The van der Waals surface area contributed by atoms with E-state index in [9.17, 15) is 9.59 Å². The van der Waals surface area contributed by atoms with Crippen LogP contribution >= 0.6 is 0 Å². The van der Waals surface area contributed by atoms with Crippen molar-refractivity contribution < 1.29 is 14.3 Å². The molecule has 0 fully saturated rings. The fraction of sp³-hybridized carbons (Fsp3) is 0.214. The van der Waals surface area contributed by atoms with Crippen molar-refractivity contribution >= 4 is 23.1 Å². The van der Waals surface area contributed by atoms with Gasteiger partial charge in [-0.2, -0.15) is 0 Å². The zero-order valence-electron chi connectivity index (χ0n) is 19.5. The van der Waals surface area contributed by atoms with Crippen LogP contribution in [-0.4, -0.2) is 30.4 Å². The number of hydrogen-bond donors (Lipinski definition) is 0. The van der Waals surface area contributed by atoms with E-state index in [0.29, 0.717) is 35.7 Å². The molecule has 0 aromatic heterocycles. The number of benzene rings is 3. The fourth-order valence-corrected chi connectivity index (χ4v) is 4.15. The lowest BCUT2D eigenvalue weighted by molar-refractivity contribution is -0.120. The topological polar surface area (TPSA) is 49.9 Å². The molecule has 3 aromatic carbocycles. The molecular weight excluding hydrogens is 412 g/mol. The lowest BCUT2D eigenvalue weighted by Crippen LogP contribution is -2.34. The minimum absolute atomic E-state index is 0.309. The van der Waals surface area contributed by atoms with E-state index in [0.717, 1.165) is 22.4 Å². The van der Waals surface area contributed by atoms with E-state index in [1.165, 1.54) is 4.90 Å². The van der Waals surface area contributed by atoms with Crippen molar-refractivity contribution in [2.45, 2.75) is 27.3 Å². The Bertz CT molecular complexity index is 1210. The minimum Gasteiger partial charge on any atom is -0.494 e. The standard InChI is InChI=1S/C28H28N2O3/c1-5-33-23-16-14-22(15-17-23)25-26(29(4)18-21-11-7-6-8-12-21)28(32)30(27(25)31)24-13-9-10-19(2)20(24)3/h6-17H,5,18H2,1-4H3. The monoisotopic (exact) mass is 440 g/mol. The van der Waals surface area contributed by atoms with Gasteiger partial charge in [-0.05, 0) is 61.2 Å². The largest absolute Gasteiger partial charge is 0.494 e. The zero-order valence-corrected chi connectivity index (χ0v) is 19.5. The molecule has 0 bridgehead atoms. The summed E-state index contributed by atoms with van der Waals surface area (Å²) >= 11 is 0. The predicted molar refractivity (Wildman–Crippen MR) is 131 cm³/mol. The highest BCUT2D eigenvalue weighted by Crippen LogP contribution is 2.37. The van der Waals surface area contributed by atoms with Crippen molar-refractivity contribution in [3.05, 3.63) is 101 Å². The number of nitrogens with zero attached hydrogens (tertiary/aromatic N) is 2. The molecule has 1 aliphatic heterocycles. The van der Waals surface area contributed by atoms with Crippen LogP contribution in [0.25, 0.3) is 5.57 Å². The molecule has 0 saturated heterocycles. The third-order valence-electron chi connectivity index (χ3n) is 5.97. The molecule has 1 aliphatic rings. The van der Waals surface area contributed by atoms with Gasteiger partial charge in [0.25, 0.3) is 11.8 Å². The fourth-order valence-electron chi connectivity index (χ4n) is 4.15. The van der Waals surface area contributed by atoms with E-state index in [1.54, 1.807) is 0 Å². The lowest BCUT2D eigenvalue weighted by Gasteiger charge is -2.22. The molecule has 33 heavy (non-hydrogen) atoms. The second kappa shape index (κ2) is 9.33. The Balaban J connectivity index is 1.80. The summed E-state index contributed by atoms with van der Waals surface area (Å²) in [4.78, 5) is 30.7. The highest BCUT2D eigenvalue weighted by atomic mass is 16.5. The Morgan fingerprint density at radius 3 is 2.21 bits per heavy atom. The van der Waals surface area contributed by atoms with Gasteiger partial charge in [0.05, 0.1) is 17.9 Å². The second-order valence-corrected chi connectivity index (χ2v) is 8.19. The Morgan fingerprint density at radius 1 is 0.848 bits per heavy atom. The van der Waals surface area contributed by atoms with Crippen LogP contribution < -0.4 is 9.64 Å². The van der Waals surface area contributed by atoms with E-state index in [4.69, 9.17) is 4.74 Å². The SMILES string of the molecule is CCOc1ccc(C2=C(N(C)Cc3ccccc3)C(=O)N(c3cccc(C)c3C)C2=O)cc1. The first kappa shape index (κ1) is 22.3. The van der Waals surface area contributed by atoms with Crippen molar-refractivity contribution in [2.24, 2.45) is 0 Å². The van der Waals surface area contributed by atoms with E-state index in [-0.39, 0.29) is 11.8 Å². The van der Waals surface area contributed by atoms with Gasteiger partial charge in [-0.25, -0.2) is 4.90 Å². The van der Waals surface area contributed by atoms with Crippen LogP contribution in [0.5, 0.6) is 5.75 Å². The van der Waals surface area contributed by atoms with Crippen molar-refractivity contribution in [1.29, 1.82) is 0 Å². The highest BCUT2D eigenvalue weighted by molar-refractivity contribution is 6.45. The van der Waals surface area contributed by atoms with Crippen LogP contribution in [0.15, 0.2) is 78.5 Å². The van der Waals surface area contributed by atoms with Crippen molar-refractivity contribution in [1.82, 2.24) is 4.90 Å². The Labute approximate surface area is 194 Å². The summed E-state index contributed by atoms with van der Waals surface area (Å²) in [7, 11) is 1.86. The molecule has 0 saturated carbocycles. The Kier molecular flexibility index (Phi) is 6.31. The molecular formula is C28H28N2O3. The summed E-state index contributed by atoms with van der Waals surface area (Å²) in [6, 6.07) is 22.9. The van der Waals surface area contributed by atoms with Gasteiger partial charge in [0.1, 0.15) is 11.4 Å². The predicted octanol–water partition coefficient (Wildman–Crippen LogP) is 5.12. The number of carbonyl (C=O) groups is 2. The maximum absolute atomic E-state index is 13.7. The summed E-state index contributed by atoms with van der Waals surface area (Å²) in [6.45, 7) is 6.91. The summed E-state index contributed by atoms with van der Waals surface area (Å²) in [6.07, 6.45) is 0. The van der Waals surface area contributed by atoms with Crippen LogP contribution in [0.1, 0.15) is 29.2 Å². The minimum atomic E-state index is -0.312. The number of imide groups is 1. The van der Waals surface area contributed by atoms with Crippen LogP contribution in [-0.2, 0) is 16.1 Å². The molecule has 0 spiro atoms. The number of hydrogen-bond acceptors (Lipinski definition) is 4. The van der Waals surface area contributed by atoms with Crippen molar-refractivity contribution in [3.63, 3.8) is 0 Å². The molecule has 5 nitrogen and oxygen atoms in total. The van der Waals surface area contributed by atoms with Gasteiger partial charge in [0.15, 0.2) is 0 Å². The first-order valence-corrected chi connectivity index (χ1v) is 11.1. The Hall–Kier alpha value is -3.86. The number of carbonyl (C=O) groups excluding carboxylic acids is 2. The highest BCUT2D eigenvalue weighted by Gasteiger charge is 2.42. The third-order valence-corrected chi connectivity index (χ3v) is 5.97. The van der Waals surface area contributed by atoms with Gasteiger partial charge in [0.2, 0.25) is 0 Å². The van der Waals surface area contributed by atoms with Gasteiger partial charge >= 0.3 is 0 Å². The normalized spacial score (nSPS) is 13.6. The second-order valence-electron chi connectivity index (χ2n) is 8.19. The summed E-state index contributed by atoms with van der Waals surface area (Å²) < 4.78 is 5.56. The zero-order chi connectivity index (χ0) is 23.5. The van der Waals surface area contributed by atoms with Crippen LogP contribution in [0.2, 0.25) is 0 Å². The number of aryl methyl sites for hydroxylation is 1. The quantitative estimate of drug-likeness (QED) is 0.479. The van der Waals surface area contributed by atoms with Gasteiger partial charge in [-0.1, -0.05) is 54.6 Å². The van der Waals surface area contributed by atoms with E-state index < -0.39 is 0 Å². The molecule has 5 heteroatoms. The van der Waals surface area contributed by atoms with Crippen molar-refractivity contribution in [2.75, 3.05) is 18.6 Å². The molecule has 4 rings (SSSR count). The molecule has 3 aromatic rings. The number of rotatable bonds is 7. The lowest BCUT2D eigenvalue weighted by atomic mass is 10.0. The summed E-state index contributed by atoms with van der Waals surface area (Å²) in [5, 5.41) is 0. The molecule has 0 radical (unpaired) electrons. The maximum atomic E-state index is 13.7.